The molecule has 3 aromatic rings. The Bertz CT molecular complexity index is 1180. The van der Waals surface area contributed by atoms with Gasteiger partial charge in [0.15, 0.2) is 0 Å². The molecule has 10 heteroatoms. The number of ether oxygens (including phenoxy) is 1. The van der Waals surface area contributed by atoms with Gasteiger partial charge in [-0.15, -0.1) is 0 Å². The fourth-order valence-corrected chi connectivity index (χ4v) is 4.27. The molecule has 1 aliphatic rings. The van der Waals surface area contributed by atoms with Crippen LogP contribution in [0.25, 0.3) is 11.4 Å². The van der Waals surface area contributed by atoms with Crippen molar-refractivity contribution in [1.29, 1.82) is 0 Å². The Hall–Kier alpha value is -2.94. The van der Waals surface area contributed by atoms with Gasteiger partial charge in [-0.25, -0.2) is 4.79 Å². The molecule has 0 bridgehead atoms. The highest BCUT2D eigenvalue weighted by molar-refractivity contribution is 6.33. The summed E-state index contributed by atoms with van der Waals surface area (Å²) in [6.07, 6.45) is 1.63. The van der Waals surface area contributed by atoms with Gasteiger partial charge in [0.25, 0.3) is 0 Å². The van der Waals surface area contributed by atoms with Crippen LogP contribution in [0.15, 0.2) is 47.0 Å². The van der Waals surface area contributed by atoms with Gasteiger partial charge in [0, 0.05) is 22.8 Å². The molecule has 1 aromatic heterocycles. The lowest BCUT2D eigenvalue weighted by atomic mass is 9.97. The fourth-order valence-electron chi connectivity index (χ4n) is 3.88. The lowest BCUT2D eigenvalue weighted by Gasteiger charge is -2.30. The lowest BCUT2D eigenvalue weighted by Crippen LogP contribution is -2.40. The van der Waals surface area contributed by atoms with Crippen LogP contribution in [0.2, 0.25) is 10.0 Å². The van der Waals surface area contributed by atoms with Crippen LogP contribution < -0.4 is 5.32 Å². The molecule has 34 heavy (non-hydrogen) atoms. The zero-order chi connectivity index (χ0) is 24.1. The Balaban J connectivity index is 1.37. The third kappa shape index (κ3) is 5.94. The zero-order valence-electron chi connectivity index (χ0n) is 18.6. The molecule has 0 saturated carbocycles. The maximum atomic E-state index is 12.9. The standard InChI is InChI=1S/C24H24Cl2N4O4/c1-2-33-24(32)19-12-18(8-9-20(19)26)27-23(31)16-6-4-10-30(13-16)14-21-28-22(29-34-21)15-5-3-7-17(25)11-15/h3,5,7-9,11-12,16H,2,4,6,10,13-14H2,1H3,(H,27,31). The maximum absolute atomic E-state index is 12.9. The van der Waals surface area contributed by atoms with E-state index < -0.39 is 5.97 Å². The highest BCUT2D eigenvalue weighted by Crippen LogP contribution is 2.25. The first-order chi connectivity index (χ1) is 16.4. The van der Waals surface area contributed by atoms with E-state index in [1.165, 1.54) is 6.07 Å². The van der Waals surface area contributed by atoms with Crippen LogP contribution in [0, 0.1) is 5.92 Å². The summed E-state index contributed by atoms with van der Waals surface area (Å²) in [5.74, 6) is 0.0960. The third-order valence-corrected chi connectivity index (χ3v) is 6.08. The summed E-state index contributed by atoms with van der Waals surface area (Å²) in [6, 6.07) is 12.0. The van der Waals surface area contributed by atoms with Crippen LogP contribution in [-0.2, 0) is 16.1 Å². The van der Waals surface area contributed by atoms with Crippen molar-refractivity contribution in [3.63, 3.8) is 0 Å². The van der Waals surface area contributed by atoms with Crippen molar-refractivity contribution in [3.8, 4) is 11.4 Å². The van der Waals surface area contributed by atoms with E-state index in [1.807, 2.05) is 12.1 Å². The number of hydrogen-bond acceptors (Lipinski definition) is 7. The third-order valence-electron chi connectivity index (χ3n) is 5.52. The number of nitrogens with zero attached hydrogens (tertiary/aromatic N) is 3. The number of anilines is 1. The first kappa shape index (κ1) is 24.2. The van der Waals surface area contributed by atoms with Crippen molar-refractivity contribution in [3.05, 3.63) is 64.0 Å². The molecule has 0 spiro atoms. The van der Waals surface area contributed by atoms with E-state index in [0.29, 0.717) is 35.5 Å². The summed E-state index contributed by atoms with van der Waals surface area (Å²) in [7, 11) is 0. The van der Waals surface area contributed by atoms with Crippen LogP contribution in [-0.4, -0.2) is 46.6 Å². The smallest absolute Gasteiger partial charge is 0.339 e. The topological polar surface area (TPSA) is 97.6 Å². The quantitative estimate of drug-likeness (QED) is 0.450. The molecule has 178 valence electrons. The Morgan fingerprint density at radius 2 is 2.09 bits per heavy atom. The van der Waals surface area contributed by atoms with Gasteiger partial charge in [0.2, 0.25) is 17.6 Å². The molecule has 0 aliphatic carbocycles. The molecule has 1 N–H and O–H groups in total. The van der Waals surface area contributed by atoms with E-state index in [2.05, 4.69) is 20.4 Å². The van der Waals surface area contributed by atoms with Gasteiger partial charge in [-0.05, 0) is 56.6 Å². The minimum atomic E-state index is -0.524. The van der Waals surface area contributed by atoms with Gasteiger partial charge in [-0.2, -0.15) is 4.98 Å². The molecule has 1 amide bonds. The summed E-state index contributed by atoms with van der Waals surface area (Å²) >= 11 is 12.2. The average Bonchev–Trinajstić information content (AvgIpc) is 3.29. The van der Waals surface area contributed by atoms with Gasteiger partial charge in [0.05, 0.1) is 29.7 Å². The molecule has 1 fully saturated rings. The summed E-state index contributed by atoms with van der Waals surface area (Å²) in [6.45, 7) is 3.79. The summed E-state index contributed by atoms with van der Waals surface area (Å²) in [5.41, 5.74) is 1.50. The zero-order valence-corrected chi connectivity index (χ0v) is 20.1. The van der Waals surface area contributed by atoms with E-state index >= 15 is 0 Å². The molecule has 4 rings (SSSR count). The number of benzene rings is 2. The van der Waals surface area contributed by atoms with Crippen molar-refractivity contribution in [2.24, 2.45) is 5.92 Å². The summed E-state index contributed by atoms with van der Waals surface area (Å²) in [4.78, 5) is 31.6. The largest absolute Gasteiger partial charge is 0.462 e. The molecular weight excluding hydrogens is 479 g/mol. The normalized spacial score (nSPS) is 16.3. The molecule has 1 unspecified atom stereocenters. The number of hydrogen-bond donors (Lipinski definition) is 1. The minimum absolute atomic E-state index is 0.119. The molecule has 1 saturated heterocycles. The van der Waals surface area contributed by atoms with Crippen molar-refractivity contribution in [2.45, 2.75) is 26.3 Å². The number of likely N-dealkylation sites (tertiary alicyclic amines) is 1. The number of esters is 1. The molecule has 0 radical (unpaired) electrons. The number of aromatic nitrogens is 2. The van der Waals surface area contributed by atoms with E-state index in [-0.39, 0.29) is 29.0 Å². The number of carbonyl (C=O) groups excluding carboxylic acids is 2. The van der Waals surface area contributed by atoms with Gasteiger partial charge in [0.1, 0.15) is 0 Å². The Labute approximate surface area is 207 Å². The number of carbonyl (C=O) groups is 2. The molecule has 1 atom stereocenters. The van der Waals surface area contributed by atoms with E-state index in [4.69, 9.17) is 32.5 Å². The van der Waals surface area contributed by atoms with Gasteiger partial charge >= 0.3 is 5.97 Å². The second kappa shape index (κ2) is 11.0. The van der Waals surface area contributed by atoms with E-state index in [1.54, 1.807) is 31.2 Å². The van der Waals surface area contributed by atoms with Crippen molar-refractivity contribution >= 4 is 40.8 Å². The first-order valence-electron chi connectivity index (χ1n) is 11.0. The number of nitrogens with one attached hydrogen (secondary N) is 1. The van der Waals surface area contributed by atoms with Crippen molar-refractivity contribution in [2.75, 3.05) is 25.0 Å². The first-order valence-corrected chi connectivity index (χ1v) is 11.8. The van der Waals surface area contributed by atoms with Crippen LogP contribution in [0.3, 0.4) is 0 Å². The van der Waals surface area contributed by atoms with Crippen LogP contribution in [0.4, 0.5) is 5.69 Å². The molecule has 8 nitrogen and oxygen atoms in total. The highest BCUT2D eigenvalue weighted by atomic mass is 35.5. The Kier molecular flexibility index (Phi) is 7.82. The number of halogens is 2. The van der Waals surface area contributed by atoms with Crippen LogP contribution >= 0.6 is 23.2 Å². The molecule has 2 heterocycles. The van der Waals surface area contributed by atoms with E-state index in [0.717, 1.165) is 24.9 Å². The molecule has 1 aliphatic heterocycles. The monoisotopic (exact) mass is 502 g/mol. The molecule has 2 aromatic carbocycles. The minimum Gasteiger partial charge on any atom is -0.462 e. The second-order valence-electron chi connectivity index (χ2n) is 8.00. The van der Waals surface area contributed by atoms with Gasteiger partial charge < -0.3 is 14.6 Å². The lowest BCUT2D eigenvalue weighted by molar-refractivity contribution is -0.121. The van der Waals surface area contributed by atoms with Gasteiger partial charge in [-0.3, -0.25) is 9.69 Å². The van der Waals surface area contributed by atoms with Crippen molar-refractivity contribution < 1.29 is 18.8 Å². The SMILES string of the molecule is CCOC(=O)c1cc(NC(=O)C2CCCN(Cc3nc(-c4cccc(Cl)c4)no3)C2)ccc1Cl. The Morgan fingerprint density at radius 1 is 1.24 bits per heavy atom. The van der Waals surface area contributed by atoms with Crippen molar-refractivity contribution in [1.82, 2.24) is 15.0 Å². The molecular formula is C24H24Cl2N4O4. The van der Waals surface area contributed by atoms with E-state index in [9.17, 15) is 9.59 Å². The fraction of sp³-hybridized carbons (Fsp3) is 0.333. The number of amides is 1. The maximum Gasteiger partial charge on any atom is 0.339 e. The summed E-state index contributed by atoms with van der Waals surface area (Å²) in [5, 5.41) is 7.82. The number of rotatable bonds is 7. The summed E-state index contributed by atoms with van der Waals surface area (Å²) < 4.78 is 10.4. The predicted octanol–water partition coefficient (Wildman–Crippen LogP) is 5.07. The van der Waals surface area contributed by atoms with Crippen LogP contribution in [0.1, 0.15) is 36.0 Å². The number of piperidine rings is 1. The predicted molar refractivity (Wildman–Crippen MR) is 129 cm³/mol. The second-order valence-corrected chi connectivity index (χ2v) is 8.84. The van der Waals surface area contributed by atoms with Crippen LogP contribution in [0.5, 0.6) is 0 Å². The van der Waals surface area contributed by atoms with Gasteiger partial charge in [-0.1, -0.05) is 40.5 Å². The Morgan fingerprint density at radius 3 is 2.88 bits per heavy atom. The highest BCUT2D eigenvalue weighted by Gasteiger charge is 2.27. The average molecular weight is 503 g/mol.